The van der Waals surface area contributed by atoms with Gasteiger partial charge in [-0.15, -0.1) is 4.91 Å². The lowest BCUT2D eigenvalue weighted by molar-refractivity contribution is -0.130. The van der Waals surface area contributed by atoms with Crippen LogP contribution in [0.4, 0.5) is 11.4 Å². The van der Waals surface area contributed by atoms with Crippen LogP contribution in [0.15, 0.2) is 22.3 Å². The number of aliphatic imine (C=N–C) groups is 1. The van der Waals surface area contributed by atoms with Gasteiger partial charge in [0.2, 0.25) is 0 Å². The monoisotopic (exact) mass is 247 g/mol. The molecule has 1 unspecified atom stereocenters. The molecule has 18 heavy (non-hydrogen) atoms. The molecule has 1 N–H and O–H groups in total. The van der Waals surface area contributed by atoms with E-state index in [1.54, 1.807) is 7.05 Å². The lowest BCUT2D eigenvalue weighted by Gasteiger charge is -2.25. The topological polar surface area (TPSA) is 80.1 Å². The van der Waals surface area contributed by atoms with Crippen LogP contribution in [0, 0.1) is 4.91 Å². The molecule has 6 nitrogen and oxygen atoms in total. The fourth-order valence-electron chi connectivity index (χ4n) is 2.10. The summed E-state index contributed by atoms with van der Waals surface area (Å²) in [4.78, 5) is 25.5. The predicted octanol–water partition coefficient (Wildman–Crippen LogP) is 1.79. The van der Waals surface area contributed by atoms with E-state index < -0.39 is 12.0 Å². The Labute approximate surface area is 104 Å². The fraction of sp³-hybridized carbons (Fsp3) is 0.333. The summed E-state index contributed by atoms with van der Waals surface area (Å²) in [6.07, 6.45) is -0.485. The number of carbonyl (C=O) groups is 1. The SMILES string of the molecule is C=Nc1ccc(NC)c2c1COC(C(=O)N=O)C2. The van der Waals surface area contributed by atoms with E-state index in [0.29, 0.717) is 6.42 Å². The molecule has 0 saturated carbocycles. The van der Waals surface area contributed by atoms with Crippen molar-refractivity contribution >= 4 is 24.0 Å². The predicted molar refractivity (Wildman–Crippen MR) is 68.3 cm³/mol. The molecule has 0 bridgehead atoms. The van der Waals surface area contributed by atoms with Gasteiger partial charge in [-0.1, -0.05) is 0 Å². The van der Waals surface area contributed by atoms with Crippen LogP contribution in [0.5, 0.6) is 0 Å². The first-order chi connectivity index (χ1) is 8.71. The molecule has 0 spiro atoms. The van der Waals surface area contributed by atoms with Gasteiger partial charge in [0.1, 0.15) is 6.10 Å². The zero-order chi connectivity index (χ0) is 13.1. The highest BCUT2D eigenvalue weighted by Crippen LogP contribution is 2.34. The second-order valence-corrected chi connectivity index (χ2v) is 3.93. The number of nitroso groups, excluding NO2 is 1. The van der Waals surface area contributed by atoms with Crippen LogP contribution in [0.2, 0.25) is 0 Å². The number of rotatable bonds is 3. The maximum absolute atomic E-state index is 11.3. The number of carbonyl (C=O) groups excluding carboxylic acids is 1. The quantitative estimate of drug-likeness (QED) is 0.652. The van der Waals surface area contributed by atoms with E-state index >= 15 is 0 Å². The number of hydrogen-bond acceptors (Lipinski definition) is 5. The zero-order valence-corrected chi connectivity index (χ0v) is 9.97. The molecule has 0 aromatic heterocycles. The van der Waals surface area contributed by atoms with Crippen LogP contribution in [-0.4, -0.2) is 25.8 Å². The van der Waals surface area contributed by atoms with Crippen LogP contribution >= 0.6 is 0 Å². The molecule has 1 aromatic carbocycles. The molecule has 0 fully saturated rings. The summed E-state index contributed by atoms with van der Waals surface area (Å²) in [5.74, 6) is -0.778. The minimum atomic E-state index is -0.804. The Balaban J connectivity index is 2.43. The van der Waals surface area contributed by atoms with Crippen molar-refractivity contribution in [1.29, 1.82) is 0 Å². The van der Waals surface area contributed by atoms with Gasteiger partial charge in [0.25, 0.3) is 0 Å². The molecule has 6 heteroatoms. The van der Waals surface area contributed by atoms with Gasteiger partial charge in [0, 0.05) is 29.9 Å². The highest BCUT2D eigenvalue weighted by molar-refractivity contribution is 5.82. The van der Waals surface area contributed by atoms with Crippen LogP contribution < -0.4 is 5.32 Å². The number of nitrogens with zero attached hydrogens (tertiary/aromatic N) is 2. The average Bonchev–Trinajstić information content (AvgIpc) is 2.44. The molecular formula is C12H13N3O3. The summed E-state index contributed by atoms with van der Waals surface area (Å²) in [6, 6.07) is 3.70. The lowest BCUT2D eigenvalue weighted by Crippen LogP contribution is -2.29. The molecule has 1 aliphatic heterocycles. The first kappa shape index (κ1) is 12.4. The molecule has 2 rings (SSSR count). The van der Waals surface area contributed by atoms with Crippen molar-refractivity contribution in [2.45, 2.75) is 19.1 Å². The highest BCUT2D eigenvalue weighted by Gasteiger charge is 2.29. The van der Waals surface area contributed by atoms with Gasteiger partial charge in [0.15, 0.2) is 0 Å². The standard InChI is InChI=1S/C12H13N3O3/c1-13-9-3-4-10(14-2)8-6-18-11(5-7(8)9)12(16)15-17/h3-4,11,13H,2,5-6H2,1H3. The Hall–Kier alpha value is -2.08. The van der Waals surface area contributed by atoms with Gasteiger partial charge in [-0.3, -0.25) is 9.79 Å². The molecule has 1 aliphatic rings. The Morgan fingerprint density at radius 3 is 2.89 bits per heavy atom. The van der Waals surface area contributed by atoms with Crippen LogP contribution in [0.25, 0.3) is 0 Å². The van der Waals surface area contributed by atoms with E-state index in [9.17, 15) is 9.70 Å². The number of benzene rings is 1. The molecule has 1 heterocycles. The summed E-state index contributed by atoms with van der Waals surface area (Å²) >= 11 is 0. The number of hydrogen-bond donors (Lipinski definition) is 1. The molecular weight excluding hydrogens is 234 g/mol. The maximum Gasteiger partial charge on any atom is 0.315 e. The third-order valence-electron chi connectivity index (χ3n) is 3.03. The van der Waals surface area contributed by atoms with Gasteiger partial charge in [-0.25, -0.2) is 0 Å². The average molecular weight is 247 g/mol. The summed E-state index contributed by atoms with van der Waals surface area (Å²) in [5, 5.41) is 5.46. The Morgan fingerprint density at radius 2 is 2.28 bits per heavy atom. The lowest BCUT2D eigenvalue weighted by atomic mass is 9.95. The number of fused-ring (bicyclic) bond motifs is 1. The Morgan fingerprint density at radius 1 is 1.50 bits per heavy atom. The van der Waals surface area contributed by atoms with E-state index in [1.165, 1.54) is 0 Å². The van der Waals surface area contributed by atoms with Crippen molar-refractivity contribution in [2.24, 2.45) is 10.2 Å². The van der Waals surface area contributed by atoms with E-state index in [2.05, 4.69) is 22.2 Å². The number of amides is 1. The van der Waals surface area contributed by atoms with Gasteiger partial charge < -0.3 is 10.1 Å². The van der Waals surface area contributed by atoms with Crippen molar-refractivity contribution < 1.29 is 9.53 Å². The van der Waals surface area contributed by atoms with E-state index in [0.717, 1.165) is 22.5 Å². The number of ether oxygens (including phenoxy) is 1. The molecule has 94 valence electrons. The third kappa shape index (κ3) is 2.02. The van der Waals surface area contributed by atoms with Gasteiger partial charge in [0.05, 0.1) is 12.3 Å². The largest absolute Gasteiger partial charge is 0.388 e. The summed E-state index contributed by atoms with van der Waals surface area (Å²) < 4.78 is 5.34. The summed E-state index contributed by atoms with van der Waals surface area (Å²) in [7, 11) is 1.79. The molecule has 0 saturated heterocycles. The number of anilines is 1. The minimum absolute atomic E-state index is 0.227. The van der Waals surface area contributed by atoms with Crippen molar-refractivity contribution in [1.82, 2.24) is 0 Å². The van der Waals surface area contributed by atoms with Crippen molar-refractivity contribution in [3.63, 3.8) is 0 Å². The Kier molecular flexibility index (Phi) is 3.47. The van der Waals surface area contributed by atoms with E-state index in [4.69, 9.17) is 4.74 Å². The maximum atomic E-state index is 11.3. The molecule has 0 radical (unpaired) electrons. The molecule has 1 amide bonds. The molecule has 1 aromatic rings. The van der Waals surface area contributed by atoms with Crippen LogP contribution in [0.1, 0.15) is 11.1 Å². The van der Waals surface area contributed by atoms with Crippen molar-refractivity contribution in [2.75, 3.05) is 12.4 Å². The van der Waals surface area contributed by atoms with Crippen LogP contribution in [0.3, 0.4) is 0 Å². The summed E-state index contributed by atoms with van der Waals surface area (Å²) in [5.41, 5.74) is 3.45. The van der Waals surface area contributed by atoms with E-state index in [-0.39, 0.29) is 6.61 Å². The zero-order valence-electron chi connectivity index (χ0n) is 9.97. The second kappa shape index (κ2) is 5.05. The van der Waals surface area contributed by atoms with E-state index in [1.807, 2.05) is 12.1 Å². The van der Waals surface area contributed by atoms with Crippen molar-refractivity contribution in [3.8, 4) is 0 Å². The highest BCUT2D eigenvalue weighted by atomic mass is 16.5. The van der Waals surface area contributed by atoms with Crippen molar-refractivity contribution in [3.05, 3.63) is 28.2 Å². The Bertz CT molecular complexity index is 514. The molecule has 0 aliphatic carbocycles. The number of nitrogens with one attached hydrogen (secondary N) is 1. The molecule has 1 atom stereocenters. The first-order valence-electron chi connectivity index (χ1n) is 5.49. The van der Waals surface area contributed by atoms with Gasteiger partial charge in [-0.05, 0) is 24.4 Å². The second-order valence-electron chi connectivity index (χ2n) is 3.93. The smallest absolute Gasteiger partial charge is 0.315 e. The fourth-order valence-corrected chi connectivity index (χ4v) is 2.10. The third-order valence-corrected chi connectivity index (χ3v) is 3.03. The normalized spacial score (nSPS) is 17.7. The van der Waals surface area contributed by atoms with Gasteiger partial charge in [-0.2, -0.15) is 0 Å². The van der Waals surface area contributed by atoms with Crippen LogP contribution in [-0.2, 0) is 22.6 Å². The minimum Gasteiger partial charge on any atom is -0.388 e. The first-order valence-corrected chi connectivity index (χ1v) is 5.49. The van der Waals surface area contributed by atoms with Gasteiger partial charge >= 0.3 is 5.91 Å². The summed E-state index contributed by atoms with van der Waals surface area (Å²) in [6.45, 7) is 3.73.